The van der Waals surface area contributed by atoms with Crippen molar-refractivity contribution in [3.05, 3.63) is 46.4 Å². The second-order valence-corrected chi connectivity index (χ2v) is 3.90. The maximum atomic E-state index is 10.4. The van der Waals surface area contributed by atoms with Crippen molar-refractivity contribution in [3.63, 3.8) is 0 Å². The lowest BCUT2D eigenvalue weighted by atomic mass is 10.1. The molecule has 1 aromatic heterocycles. The Bertz CT molecular complexity index is 463. The van der Waals surface area contributed by atoms with Crippen LogP contribution in [0.3, 0.4) is 0 Å². The summed E-state index contributed by atoms with van der Waals surface area (Å²) in [6.07, 6.45) is 8.91. The molecule has 0 fully saturated rings. The summed E-state index contributed by atoms with van der Waals surface area (Å²) in [4.78, 5) is 18.3. The van der Waals surface area contributed by atoms with Crippen LogP contribution in [0.1, 0.15) is 25.0 Å². The molecular weight excluding hydrogens is 218 g/mol. The van der Waals surface area contributed by atoms with Crippen LogP contribution in [0.5, 0.6) is 0 Å². The van der Waals surface area contributed by atoms with E-state index in [4.69, 9.17) is 0 Å². The Balaban J connectivity index is 1.81. The third kappa shape index (κ3) is 3.21. The number of rotatable bonds is 5. The van der Waals surface area contributed by atoms with Gasteiger partial charge in [-0.2, -0.15) is 0 Å². The van der Waals surface area contributed by atoms with E-state index in [1.807, 2.05) is 12.3 Å². The number of hydrogen-bond acceptors (Lipinski definition) is 4. The SMILES string of the molecule is O=[N+]([O-])c1ccc(CCCC2=NC=CC2)nc1. The molecule has 0 spiro atoms. The van der Waals surface area contributed by atoms with Gasteiger partial charge in [-0.25, -0.2) is 0 Å². The van der Waals surface area contributed by atoms with E-state index in [1.54, 1.807) is 6.07 Å². The fourth-order valence-corrected chi connectivity index (χ4v) is 1.71. The van der Waals surface area contributed by atoms with E-state index in [0.717, 1.165) is 31.4 Å². The molecule has 5 nitrogen and oxygen atoms in total. The Morgan fingerprint density at radius 1 is 1.35 bits per heavy atom. The first-order valence-corrected chi connectivity index (χ1v) is 5.55. The lowest BCUT2D eigenvalue weighted by Gasteiger charge is -2.00. The van der Waals surface area contributed by atoms with Crippen molar-refractivity contribution in [3.8, 4) is 0 Å². The molecule has 2 rings (SSSR count). The number of allylic oxidation sites excluding steroid dienone is 1. The number of aromatic nitrogens is 1. The van der Waals surface area contributed by atoms with Gasteiger partial charge in [0, 0.05) is 30.1 Å². The van der Waals surface area contributed by atoms with Crippen LogP contribution >= 0.6 is 0 Å². The zero-order valence-electron chi connectivity index (χ0n) is 9.37. The van der Waals surface area contributed by atoms with Crippen molar-refractivity contribution in [2.24, 2.45) is 4.99 Å². The predicted molar refractivity (Wildman–Crippen MR) is 65.0 cm³/mol. The highest BCUT2D eigenvalue weighted by atomic mass is 16.6. The number of aliphatic imine (C=N–C) groups is 1. The van der Waals surface area contributed by atoms with Crippen molar-refractivity contribution in [1.29, 1.82) is 0 Å². The van der Waals surface area contributed by atoms with E-state index in [2.05, 4.69) is 9.98 Å². The fourth-order valence-electron chi connectivity index (χ4n) is 1.71. The van der Waals surface area contributed by atoms with E-state index in [-0.39, 0.29) is 5.69 Å². The Hall–Kier alpha value is -2.04. The number of nitrogens with zero attached hydrogens (tertiary/aromatic N) is 3. The summed E-state index contributed by atoms with van der Waals surface area (Å²) in [6.45, 7) is 0. The van der Waals surface area contributed by atoms with Gasteiger partial charge in [-0.3, -0.25) is 20.1 Å². The average Bonchev–Trinajstić information content (AvgIpc) is 2.83. The summed E-state index contributed by atoms with van der Waals surface area (Å²) in [5.41, 5.74) is 2.13. The Morgan fingerprint density at radius 2 is 2.24 bits per heavy atom. The number of pyridine rings is 1. The molecule has 17 heavy (non-hydrogen) atoms. The smallest absolute Gasteiger partial charge is 0.266 e. The van der Waals surface area contributed by atoms with Crippen LogP contribution in [-0.4, -0.2) is 15.6 Å². The van der Waals surface area contributed by atoms with Crippen LogP contribution in [0.4, 0.5) is 5.69 Å². The molecule has 0 atom stereocenters. The molecule has 1 aliphatic rings. The van der Waals surface area contributed by atoms with E-state index in [9.17, 15) is 10.1 Å². The lowest BCUT2D eigenvalue weighted by Crippen LogP contribution is -1.97. The number of aryl methyl sites for hydroxylation is 1. The van der Waals surface area contributed by atoms with Gasteiger partial charge in [0.05, 0.1) is 4.92 Å². The summed E-state index contributed by atoms with van der Waals surface area (Å²) < 4.78 is 0. The van der Waals surface area contributed by atoms with Crippen LogP contribution in [0.2, 0.25) is 0 Å². The molecule has 0 saturated carbocycles. The predicted octanol–water partition coefficient (Wildman–Crippen LogP) is 2.67. The molecule has 0 saturated heterocycles. The standard InChI is InChI=1S/C12H13N3O2/c16-15(17)12-7-6-11(14-9-12)4-1-3-10-5-2-8-13-10/h2,6-9H,1,3-5H2. The highest BCUT2D eigenvalue weighted by Gasteiger charge is 2.06. The van der Waals surface area contributed by atoms with Crippen LogP contribution in [0.15, 0.2) is 35.6 Å². The molecule has 1 aliphatic heterocycles. The van der Waals surface area contributed by atoms with Crippen molar-refractivity contribution in [1.82, 2.24) is 4.98 Å². The van der Waals surface area contributed by atoms with Crippen molar-refractivity contribution >= 4 is 11.4 Å². The summed E-state index contributed by atoms with van der Waals surface area (Å²) in [5.74, 6) is 0. The van der Waals surface area contributed by atoms with Crippen LogP contribution in [0, 0.1) is 10.1 Å². The molecule has 2 heterocycles. The van der Waals surface area contributed by atoms with Crippen LogP contribution in [0.25, 0.3) is 0 Å². The Kier molecular flexibility index (Phi) is 3.59. The molecule has 5 heteroatoms. The number of nitro groups is 1. The minimum absolute atomic E-state index is 0.0399. The fraction of sp³-hybridized carbons (Fsp3) is 0.333. The highest BCUT2D eigenvalue weighted by molar-refractivity contribution is 5.87. The maximum Gasteiger partial charge on any atom is 0.287 e. The molecule has 0 unspecified atom stereocenters. The summed E-state index contributed by atoms with van der Waals surface area (Å²) in [7, 11) is 0. The topological polar surface area (TPSA) is 68.4 Å². The molecule has 1 aromatic rings. The third-order valence-corrected chi connectivity index (χ3v) is 2.63. The van der Waals surface area contributed by atoms with E-state index in [1.165, 1.54) is 18.0 Å². The van der Waals surface area contributed by atoms with Crippen LogP contribution < -0.4 is 0 Å². The third-order valence-electron chi connectivity index (χ3n) is 2.63. The minimum atomic E-state index is -0.435. The van der Waals surface area contributed by atoms with Gasteiger partial charge in [0.25, 0.3) is 5.69 Å². The molecular formula is C12H13N3O2. The quantitative estimate of drug-likeness (QED) is 0.577. The first-order chi connectivity index (χ1) is 8.25. The first kappa shape index (κ1) is 11.4. The van der Waals surface area contributed by atoms with Gasteiger partial charge in [0.1, 0.15) is 6.20 Å². The summed E-state index contributed by atoms with van der Waals surface area (Å²) in [5, 5.41) is 10.4. The van der Waals surface area contributed by atoms with Crippen molar-refractivity contribution in [2.75, 3.05) is 0 Å². The Labute approximate surface area is 99.1 Å². The van der Waals surface area contributed by atoms with E-state index >= 15 is 0 Å². The van der Waals surface area contributed by atoms with Gasteiger partial charge < -0.3 is 0 Å². The lowest BCUT2D eigenvalue weighted by molar-refractivity contribution is -0.385. The van der Waals surface area contributed by atoms with Gasteiger partial charge in [-0.15, -0.1) is 0 Å². The molecule has 0 bridgehead atoms. The largest absolute Gasteiger partial charge is 0.287 e. The van der Waals surface area contributed by atoms with Crippen LogP contribution in [-0.2, 0) is 6.42 Å². The molecule has 88 valence electrons. The van der Waals surface area contributed by atoms with Gasteiger partial charge in [-0.05, 0) is 25.3 Å². The van der Waals surface area contributed by atoms with E-state index < -0.39 is 4.92 Å². The molecule has 0 radical (unpaired) electrons. The van der Waals surface area contributed by atoms with Gasteiger partial charge in [0.15, 0.2) is 0 Å². The Morgan fingerprint density at radius 3 is 2.82 bits per heavy atom. The van der Waals surface area contributed by atoms with Gasteiger partial charge in [-0.1, -0.05) is 6.08 Å². The average molecular weight is 231 g/mol. The molecule has 0 aliphatic carbocycles. The second kappa shape index (κ2) is 5.34. The second-order valence-electron chi connectivity index (χ2n) is 3.90. The monoisotopic (exact) mass is 231 g/mol. The zero-order valence-corrected chi connectivity index (χ0v) is 9.37. The van der Waals surface area contributed by atoms with Gasteiger partial charge >= 0.3 is 0 Å². The number of hydrogen-bond donors (Lipinski definition) is 0. The van der Waals surface area contributed by atoms with Crippen molar-refractivity contribution < 1.29 is 4.92 Å². The van der Waals surface area contributed by atoms with Crippen molar-refractivity contribution in [2.45, 2.75) is 25.7 Å². The maximum absolute atomic E-state index is 10.4. The normalized spacial score (nSPS) is 13.8. The first-order valence-electron chi connectivity index (χ1n) is 5.55. The summed E-state index contributed by atoms with van der Waals surface area (Å²) >= 11 is 0. The molecule has 0 amide bonds. The molecule has 0 N–H and O–H groups in total. The van der Waals surface area contributed by atoms with E-state index in [0.29, 0.717) is 0 Å². The zero-order chi connectivity index (χ0) is 12.1. The van der Waals surface area contributed by atoms with Gasteiger partial charge in [0.2, 0.25) is 0 Å². The minimum Gasteiger partial charge on any atom is -0.266 e. The highest BCUT2D eigenvalue weighted by Crippen LogP contribution is 2.12. The molecule has 0 aromatic carbocycles. The summed E-state index contributed by atoms with van der Waals surface area (Å²) in [6, 6.07) is 3.21.